The van der Waals surface area contributed by atoms with Gasteiger partial charge in [0, 0.05) is 30.3 Å². The van der Waals surface area contributed by atoms with E-state index in [1.165, 1.54) is 17.9 Å². The fourth-order valence-corrected chi connectivity index (χ4v) is 1.87. The predicted molar refractivity (Wildman–Crippen MR) is 59.8 cm³/mol. The Labute approximate surface area is 94.7 Å². The van der Waals surface area contributed by atoms with Crippen LogP contribution in [0.2, 0.25) is 0 Å². The topological polar surface area (TPSA) is 67.9 Å². The van der Waals surface area contributed by atoms with Gasteiger partial charge in [-0.15, -0.1) is 0 Å². The van der Waals surface area contributed by atoms with E-state index in [0.29, 0.717) is 0 Å². The first-order chi connectivity index (χ1) is 7.84. The third-order valence-corrected chi connectivity index (χ3v) is 2.95. The molecule has 7 heteroatoms. The molecule has 0 saturated carbocycles. The monoisotopic (exact) mass is 233 g/mol. The van der Waals surface area contributed by atoms with Crippen LogP contribution in [0.1, 0.15) is 0 Å². The van der Waals surface area contributed by atoms with Gasteiger partial charge in [0.1, 0.15) is 5.52 Å². The quantitative estimate of drug-likeness (QED) is 0.672. The second-order valence-electron chi connectivity index (χ2n) is 3.21. The molecule has 0 atom stereocenters. The van der Waals surface area contributed by atoms with Gasteiger partial charge in [-0.2, -0.15) is 0 Å². The van der Waals surface area contributed by atoms with Crippen LogP contribution >= 0.6 is 11.5 Å². The van der Waals surface area contributed by atoms with Gasteiger partial charge in [0.15, 0.2) is 12.0 Å². The second-order valence-corrected chi connectivity index (χ2v) is 3.92. The Balaban J connectivity index is 2.05. The van der Waals surface area contributed by atoms with Crippen molar-refractivity contribution in [2.45, 2.75) is 0 Å². The summed E-state index contributed by atoms with van der Waals surface area (Å²) >= 11 is 1.24. The van der Waals surface area contributed by atoms with Crippen molar-refractivity contribution in [1.29, 1.82) is 0 Å². The third kappa shape index (κ3) is 1.41. The standard InChI is InChI=1S/C9H7N5OS/c1-14(9-11-12-13-16-9)6-2-3-7-8(4-6)15-5-10-7/h2-5H,1H3. The van der Waals surface area contributed by atoms with E-state index in [1.807, 2.05) is 30.1 Å². The van der Waals surface area contributed by atoms with Gasteiger partial charge in [0.2, 0.25) is 5.13 Å². The van der Waals surface area contributed by atoms with Crippen LogP contribution in [0.3, 0.4) is 0 Å². The number of oxazole rings is 1. The summed E-state index contributed by atoms with van der Waals surface area (Å²) in [6, 6.07) is 5.76. The normalized spacial score (nSPS) is 10.8. The molecule has 80 valence electrons. The zero-order valence-electron chi connectivity index (χ0n) is 8.36. The van der Waals surface area contributed by atoms with Crippen molar-refractivity contribution in [3.05, 3.63) is 24.6 Å². The van der Waals surface area contributed by atoms with Gasteiger partial charge in [0.05, 0.1) is 0 Å². The highest BCUT2D eigenvalue weighted by Gasteiger charge is 2.09. The average molecular weight is 233 g/mol. The van der Waals surface area contributed by atoms with Crippen LogP contribution in [0.5, 0.6) is 0 Å². The number of fused-ring (bicyclic) bond motifs is 1. The first kappa shape index (κ1) is 9.22. The van der Waals surface area contributed by atoms with Crippen molar-refractivity contribution in [2.24, 2.45) is 0 Å². The van der Waals surface area contributed by atoms with Crippen molar-refractivity contribution < 1.29 is 4.42 Å². The molecule has 0 radical (unpaired) electrons. The number of nitrogens with zero attached hydrogens (tertiary/aromatic N) is 5. The van der Waals surface area contributed by atoms with E-state index < -0.39 is 0 Å². The molecule has 1 aromatic carbocycles. The SMILES string of the molecule is CN(c1ccc2ncoc2c1)c1nnns1. The van der Waals surface area contributed by atoms with Gasteiger partial charge in [0.25, 0.3) is 0 Å². The first-order valence-corrected chi connectivity index (χ1v) is 5.34. The van der Waals surface area contributed by atoms with Crippen LogP contribution in [0.15, 0.2) is 29.0 Å². The Morgan fingerprint density at radius 1 is 1.38 bits per heavy atom. The van der Waals surface area contributed by atoms with Gasteiger partial charge in [-0.25, -0.2) is 4.98 Å². The van der Waals surface area contributed by atoms with E-state index in [4.69, 9.17) is 4.42 Å². The molecular weight excluding hydrogens is 226 g/mol. The lowest BCUT2D eigenvalue weighted by atomic mass is 10.3. The molecule has 0 N–H and O–H groups in total. The van der Waals surface area contributed by atoms with Gasteiger partial charge in [-0.1, -0.05) is 9.59 Å². The lowest BCUT2D eigenvalue weighted by Crippen LogP contribution is -2.08. The largest absolute Gasteiger partial charge is 0.443 e. The van der Waals surface area contributed by atoms with E-state index in [1.54, 1.807) is 0 Å². The maximum atomic E-state index is 5.24. The maximum Gasteiger partial charge on any atom is 0.232 e. The highest BCUT2D eigenvalue weighted by molar-refractivity contribution is 7.09. The number of hydrogen-bond acceptors (Lipinski definition) is 7. The Bertz CT molecular complexity index is 605. The maximum absolute atomic E-state index is 5.24. The van der Waals surface area contributed by atoms with Crippen LogP contribution in [-0.2, 0) is 0 Å². The van der Waals surface area contributed by atoms with E-state index in [-0.39, 0.29) is 0 Å². The molecule has 0 spiro atoms. The van der Waals surface area contributed by atoms with Crippen molar-refractivity contribution in [1.82, 2.24) is 19.8 Å². The molecule has 0 amide bonds. The fraction of sp³-hybridized carbons (Fsp3) is 0.111. The number of anilines is 2. The summed E-state index contributed by atoms with van der Waals surface area (Å²) < 4.78 is 8.96. The van der Waals surface area contributed by atoms with E-state index in [2.05, 4.69) is 19.8 Å². The van der Waals surface area contributed by atoms with Crippen molar-refractivity contribution >= 4 is 33.5 Å². The van der Waals surface area contributed by atoms with E-state index in [0.717, 1.165) is 21.9 Å². The minimum Gasteiger partial charge on any atom is -0.443 e. The zero-order valence-corrected chi connectivity index (χ0v) is 9.18. The van der Waals surface area contributed by atoms with Gasteiger partial charge in [-0.05, 0) is 17.3 Å². The summed E-state index contributed by atoms with van der Waals surface area (Å²) in [7, 11) is 1.90. The van der Waals surface area contributed by atoms with E-state index in [9.17, 15) is 0 Å². The second kappa shape index (κ2) is 3.53. The first-order valence-electron chi connectivity index (χ1n) is 4.56. The molecule has 0 aliphatic heterocycles. The van der Waals surface area contributed by atoms with Gasteiger partial charge >= 0.3 is 0 Å². The Hall–Kier alpha value is -2.02. The summed E-state index contributed by atoms with van der Waals surface area (Å²) in [5, 5.41) is 8.19. The summed E-state index contributed by atoms with van der Waals surface area (Å²) in [6.07, 6.45) is 1.43. The van der Waals surface area contributed by atoms with Crippen LogP contribution in [0, 0.1) is 0 Å². The molecule has 0 unspecified atom stereocenters. The van der Waals surface area contributed by atoms with Crippen LogP contribution < -0.4 is 4.90 Å². The number of hydrogen-bond donors (Lipinski definition) is 0. The third-order valence-electron chi connectivity index (χ3n) is 2.28. The summed E-state index contributed by atoms with van der Waals surface area (Å²) in [5.41, 5.74) is 2.55. The van der Waals surface area contributed by atoms with Gasteiger partial charge < -0.3 is 9.32 Å². The van der Waals surface area contributed by atoms with Gasteiger partial charge in [-0.3, -0.25) is 0 Å². The molecule has 2 aromatic heterocycles. The summed E-state index contributed by atoms with van der Waals surface area (Å²) in [6.45, 7) is 0. The Morgan fingerprint density at radius 2 is 2.31 bits per heavy atom. The highest BCUT2D eigenvalue weighted by Crippen LogP contribution is 2.26. The minimum atomic E-state index is 0.735. The molecule has 2 heterocycles. The molecule has 0 bridgehead atoms. The number of benzene rings is 1. The molecule has 16 heavy (non-hydrogen) atoms. The van der Waals surface area contributed by atoms with Crippen molar-refractivity contribution in [3.8, 4) is 0 Å². The lowest BCUT2D eigenvalue weighted by molar-refractivity contribution is 0.602. The lowest BCUT2D eigenvalue weighted by Gasteiger charge is -2.13. The smallest absolute Gasteiger partial charge is 0.232 e. The highest BCUT2D eigenvalue weighted by atomic mass is 32.1. The number of aromatic nitrogens is 4. The predicted octanol–water partition coefficient (Wildman–Crippen LogP) is 1.84. The molecule has 0 fully saturated rings. The minimum absolute atomic E-state index is 0.735. The number of rotatable bonds is 2. The Kier molecular flexibility index (Phi) is 2.03. The fourth-order valence-electron chi connectivity index (χ4n) is 1.42. The molecular formula is C9H7N5OS. The summed E-state index contributed by atoms with van der Waals surface area (Å²) in [5.74, 6) is 0. The molecule has 0 aliphatic carbocycles. The van der Waals surface area contributed by atoms with Crippen molar-refractivity contribution in [3.63, 3.8) is 0 Å². The molecule has 0 saturated heterocycles. The molecule has 0 aliphatic rings. The van der Waals surface area contributed by atoms with Crippen LogP contribution in [0.25, 0.3) is 11.1 Å². The van der Waals surface area contributed by atoms with Crippen LogP contribution in [-0.4, -0.2) is 26.8 Å². The molecule has 3 rings (SSSR count). The molecule has 6 nitrogen and oxygen atoms in total. The Morgan fingerprint density at radius 3 is 3.12 bits per heavy atom. The zero-order chi connectivity index (χ0) is 11.0. The summed E-state index contributed by atoms with van der Waals surface area (Å²) in [4.78, 5) is 5.95. The average Bonchev–Trinajstić information content (AvgIpc) is 2.98. The van der Waals surface area contributed by atoms with Crippen LogP contribution in [0.4, 0.5) is 10.8 Å². The van der Waals surface area contributed by atoms with Crippen molar-refractivity contribution in [2.75, 3.05) is 11.9 Å². The van der Waals surface area contributed by atoms with E-state index >= 15 is 0 Å². The molecule has 3 aromatic rings.